The normalized spacial score (nSPS) is 21.0. The summed E-state index contributed by atoms with van der Waals surface area (Å²) in [5.41, 5.74) is 15.5. The molecule has 0 saturated carbocycles. The zero-order valence-corrected chi connectivity index (χ0v) is 57.1. The molecule has 4 amide bonds. The van der Waals surface area contributed by atoms with Crippen molar-refractivity contribution in [1.29, 1.82) is 0 Å². The van der Waals surface area contributed by atoms with Gasteiger partial charge in [-0.25, -0.2) is 22.7 Å². The maximum Gasteiger partial charge on any atom is 0.314 e. The maximum atomic E-state index is 13.5. The molecule has 0 spiro atoms. The number of nitrogens with two attached hydrogens (primary N) is 2. The summed E-state index contributed by atoms with van der Waals surface area (Å²) < 4.78 is 69.9. The molecule has 4 aliphatic rings. The van der Waals surface area contributed by atoms with Crippen molar-refractivity contribution in [2.45, 2.75) is 143 Å². The lowest BCUT2D eigenvalue weighted by Gasteiger charge is -2.38. The summed E-state index contributed by atoms with van der Waals surface area (Å²) in [4.78, 5) is 30.6. The molecular weight excluding hydrogens is 1270 g/mol. The van der Waals surface area contributed by atoms with Crippen molar-refractivity contribution in [3.8, 4) is 11.5 Å². The number of fused-ring (bicyclic) bond motifs is 2. The number of nitrogens with zero attached hydrogens (tertiary/aromatic N) is 2. The van der Waals surface area contributed by atoms with Crippen molar-refractivity contribution in [1.82, 2.24) is 40.5 Å². The predicted octanol–water partition coefficient (Wildman–Crippen LogP) is 9.17. The number of rotatable bonds is 33. The van der Waals surface area contributed by atoms with E-state index in [-0.39, 0.29) is 103 Å². The van der Waals surface area contributed by atoms with Gasteiger partial charge in [-0.1, -0.05) is 57.1 Å². The van der Waals surface area contributed by atoms with E-state index in [1.807, 2.05) is 30.3 Å². The zero-order valence-electron chi connectivity index (χ0n) is 52.4. The number of ether oxygens (including phenoxy) is 6. The number of sulfonamides is 1. The van der Waals surface area contributed by atoms with E-state index in [1.54, 1.807) is 32.0 Å². The Hall–Kier alpha value is -4.05. The first kappa shape index (κ1) is 71.8. The van der Waals surface area contributed by atoms with Crippen LogP contribution >= 0.6 is 57.1 Å². The predicted molar refractivity (Wildman–Crippen MR) is 360 cm³/mol. The summed E-state index contributed by atoms with van der Waals surface area (Å²) in [5.74, 6) is 1.30. The van der Waals surface area contributed by atoms with Crippen molar-refractivity contribution in [3.05, 3.63) is 115 Å². The third kappa shape index (κ3) is 21.5. The minimum Gasteiger partial charge on any atom is -0.484 e. The molecule has 0 bridgehead atoms. The average Bonchev–Trinajstić information content (AvgIpc) is 1.65. The number of urea groups is 2. The number of carbonyl (C=O) groups is 2. The molecule has 2 heterocycles. The number of halogens is 4. The highest BCUT2D eigenvalue weighted by Gasteiger charge is 2.43. The monoisotopic (exact) mass is 1360 g/mol. The number of carbonyl (C=O) groups excluding carboxylic acids is 2. The van der Waals surface area contributed by atoms with Crippen LogP contribution in [0.25, 0.3) is 0 Å². The van der Waals surface area contributed by atoms with Crippen molar-refractivity contribution < 1.29 is 46.4 Å². The maximum absolute atomic E-state index is 13.5. The molecule has 0 aromatic heterocycles. The van der Waals surface area contributed by atoms with Gasteiger partial charge < -0.3 is 61.2 Å². The van der Waals surface area contributed by atoms with E-state index >= 15 is 0 Å². The molecule has 7 atom stereocenters. The molecule has 1 unspecified atom stereocenters. The Labute approximate surface area is 554 Å². The molecule has 2 aliphatic carbocycles. The summed E-state index contributed by atoms with van der Waals surface area (Å²) in [6.45, 7) is 17.2. The van der Waals surface area contributed by atoms with Crippen molar-refractivity contribution in [2.75, 3.05) is 105 Å². The van der Waals surface area contributed by atoms with Crippen LogP contribution in [0.5, 0.6) is 11.5 Å². The lowest BCUT2D eigenvalue weighted by Crippen LogP contribution is -2.49. The molecule has 4 aromatic carbocycles. The number of nitrogens with one attached hydrogen (secondary N) is 6. The SMILES string of the molecule is C/C=S(/NC(C)(C)COCCOCCNC(=O)NCCCCNC(=O)NCCOCCOCC(C)(C)NS(=O)(=O)c1ccc(O[C@H]2c3cc(Cl)cc(Cl)c3C[C@@H]2N2CCC[C@@H](N)C2)cc1)c1ccc(O[C@H]2c3cc(Cl)cc(Cl)c3C[C@@H]2N2CCC[C@@H](N)C2)cc1. The van der Waals surface area contributed by atoms with Gasteiger partial charge in [0.1, 0.15) is 23.7 Å². The van der Waals surface area contributed by atoms with Gasteiger partial charge in [-0.2, -0.15) is 0 Å². The lowest BCUT2D eigenvalue weighted by atomic mass is 10.0. The summed E-state index contributed by atoms with van der Waals surface area (Å²) in [5, 5.41) is 15.7. The zero-order chi connectivity index (χ0) is 64.4. The van der Waals surface area contributed by atoms with Gasteiger partial charge >= 0.3 is 12.1 Å². The molecule has 10 N–H and O–H groups in total. The van der Waals surface area contributed by atoms with Gasteiger partial charge in [0, 0.05) is 93.0 Å². The van der Waals surface area contributed by atoms with Gasteiger partial charge in [0.05, 0.1) is 75.4 Å². The topological polar surface area (TPSA) is 254 Å². The van der Waals surface area contributed by atoms with Crippen LogP contribution in [-0.2, 0) is 41.8 Å². The fourth-order valence-corrected chi connectivity index (χ4v) is 16.0. The number of piperidine rings is 2. The quantitative estimate of drug-likeness (QED) is 0.0163. The second-order valence-corrected chi connectivity index (χ2v) is 29.9. The molecule has 8 rings (SSSR count). The Morgan fingerprint density at radius 2 is 1.04 bits per heavy atom. The van der Waals surface area contributed by atoms with Gasteiger partial charge in [-0.3, -0.25) is 14.5 Å². The molecule has 2 saturated heterocycles. The molecule has 90 heavy (non-hydrogen) atoms. The first-order valence-corrected chi connectivity index (χ1v) is 35.5. The Morgan fingerprint density at radius 3 is 1.50 bits per heavy atom. The van der Waals surface area contributed by atoms with Crippen LogP contribution in [0.2, 0.25) is 20.1 Å². The van der Waals surface area contributed by atoms with E-state index in [0.29, 0.717) is 91.2 Å². The smallest absolute Gasteiger partial charge is 0.314 e. The van der Waals surface area contributed by atoms with Crippen LogP contribution < -0.4 is 51.7 Å². The van der Waals surface area contributed by atoms with Crippen LogP contribution in [0.4, 0.5) is 9.59 Å². The summed E-state index contributed by atoms with van der Waals surface area (Å²) in [7, 11) is -4.27. The first-order valence-electron chi connectivity index (χ1n) is 31.2. The number of likely N-dealkylation sites (tertiary alicyclic amines) is 2. The number of unbranched alkanes of at least 4 members (excludes halogenated alkanes) is 1. The third-order valence-corrected chi connectivity index (χ3v) is 21.0. The van der Waals surface area contributed by atoms with Crippen LogP contribution in [0.3, 0.4) is 0 Å². The largest absolute Gasteiger partial charge is 0.484 e. The van der Waals surface area contributed by atoms with E-state index in [4.69, 9.17) is 86.3 Å². The van der Waals surface area contributed by atoms with Gasteiger partial charge in [-0.15, -0.1) is 0 Å². The number of benzene rings is 4. The van der Waals surface area contributed by atoms with Crippen LogP contribution in [0.15, 0.2) is 82.6 Å². The van der Waals surface area contributed by atoms with Gasteiger partial charge in [0.25, 0.3) is 0 Å². The van der Waals surface area contributed by atoms with E-state index < -0.39 is 15.6 Å². The number of hydrogen-bond acceptors (Lipinski definition) is 15. The van der Waals surface area contributed by atoms with Gasteiger partial charge in [0.15, 0.2) is 0 Å². The van der Waals surface area contributed by atoms with E-state index in [9.17, 15) is 18.0 Å². The second-order valence-electron chi connectivity index (χ2n) is 24.7. The van der Waals surface area contributed by atoms with Crippen LogP contribution in [0, 0.1) is 0 Å². The first-order chi connectivity index (χ1) is 43.1. The van der Waals surface area contributed by atoms with Crippen molar-refractivity contribution in [3.63, 3.8) is 0 Å². The molecule has 498 valence electrons. The number of hydrogen-bond donors (Lipinski definition) is 8. The van der Waals surface area contributed by atoms with Gasteiger partial charge in [0.2, 0.25) is 10.0 Å². The minimum absolute atomic E-state index is 0.00183. The molecule has 2 aliphatic heterocycles. The van der Waals surface area contributed by atoms with Crippen molar-refractivity contribution in [2.24, 2.45) is 11.5 Å². The second kappa shape index (κ2) is 34.4. The highest BCUT2D eigenvalue weighted by molar-refractivity contribution is 8.13. The Morgan fingerprint density at radius 1 is 0.611 bits per heavy atom. The Kier molecular flexibility index (Phi) is 27.4. The fourth-order valence-electron chi connectivity index (χ4n) is 11.9. The Balaban J connectivity index is 0.607. The molecular formula is C64H92Cl4N10O10S2. The minimum atomic E-state index is -3.91. The average molecular weight is 1370 g/mol. The summed E-state index contributed by atoms with van der Waals surface area (Å²) in [6.07, 6.45) is 6.31. The highest BCUT2D eigenvalue weighted by Crippen LogP contribution is 2.45. The van der Waals surface area contributed by atoms with E-state index in [2.05, 4.69) is 78.8 Å². The number of amides is 4. The molecule has 2 fully saturated rings. The summed E-state index contributed by atoms with van der Waals surface area (Å²) in [6, 6.07) is 21.8. The third-order valence-electron chi connectivity index (χ3n) is 16.1. The molecule has 26 heteroatoms. The molecule has 20 nitrogen and oxygen atoms in total. The van der Waals surface area contributed by atoms with Crippen molar-refractivity contribution >= 4 is 84.5 Å². The summed E-state index contributed by atoms with van der Waals surface area (Å²) >= 11 is 26.3. The van der Waals surface area contributed by atoms with E-state index in [1.165, 1.54) is 12.1 Å². The van der Waals surface area contributed by atoms with Gasteiger partial charge in [-0.05, 0) is 188 Å². The molecule has 4 aromatic rings. The fraction of sp³-hybridized carbons (Fsp3) is 0.578. The van der Waals surface area contributed by atoms with Crippen LogP contribution in [0.1, 0.15) is 108 Å². The highest BCUT2D eigenvalue weighted by atomic mass is 35.5. The Bertz CT molecular complexity index is 3140. The molecule has 0 radical (unpaired) electrons. The van der Waals surface area contributed by atoms with E-state index in [0.717, 1.165) is 91.2 Å². The standard InChI is InChI=1S/C64H92Cl4N10O10S2/c1-6-89(49-17-13-47(14-18-49)87-59-53-33-43(65)35-55(67)51(53)37-57(59)77-25-9-11-45(69)39-77)75-63(2,3)41-85-31-29-83-27-23-73-61(79)71-21-7-8-22-72-62(80)74-24-28-84-30-32-86-42-64(4,5)76-90(81,82)50-19-15-48(16-20-50)88-60-54-34-44(66)36-56(68)52(54)38-58(60)78-26-10-12-46(70)40-78/h6,13-20,33-36,45-46,57-60,75-76H,7-12,21-32,37-42,69-70H2,1-5H3,(H2,71,73,79)(H2,72,74,80)/t45-,46-,57+,58+,59+,60+,89?/m1/s1. The lowest BCUT2D eigenvalue weighted by molar-refractivity contribution is 0.0313. The van der Waals surface area contributed by atoms with Crippen LogP contribution in [-0.4, -0.2) is 176 Å².